The van der Waals surface area contributed by atoms with Gasteiger partial charge in [-0.1, -0.05) is 67.6 Å². The van der Waals surface area contributed by atoms with Crippen LogP contribution in [-0.4, -0.2) is 17.4 Å². The van der Waals surface area contributed by atoms with E-state index in [4.69, 9.17) is 0 Å². The number of aromatic amines is 1. The van der Waals surface area contributed by atoms with Crippen molar-refractivity contribution in [2.75, 3.05) is 6.54 Å². The molecule has 1 atom stereocenters. The molecule has 1 heterocycles. The molecular formula is C27H27FN2O. The Morgan fingerprint density at radius 2 is 1.84 bits per heavy atom. The lowest BCUT2D eigenvalue weighted by atomic mass is 9.87. The second kappa shape index (κ2) is 9.61. The third kappa shape index (κ3) is 4.85. The molecule has 0 aliphatic rings. The van der Waals surface area contributed by atoms with Crippen LogP contribution in [0.4, 0.5) is 4.39 Å². The summed E-state index contributed by atoms with van der Waals surface area (Å²) in [7, 11) is 0. The fourth-order valence-corrected chi connectivity index (χ4v) is 4.20. The van der Waals surface area contributed by atoms with Crippen LogP contribution in [-0.2, 0) is 17.6 Å². The molecular weight excluding hydrogens is 387 g/mol. The lowest BCUT2D eigenvalue weighted by molar-refractivity contribution is -0.121. The van der Waals surface area contributed by atoms with E-state index in [0.29, 0.717) is 6.54 Å². The van der Waals surface area contributed by atoms with Gasteiger partial charge in [-0.3, -0.25) is 4.79 Å². The number of halogens is 1. The molecule has 4 aromatic rings. The average Bonchev–Trinajstić information content (AvgIpc) is 3.22. The number of fused-ring (bicyclic) bond motifs is 1. The van der Waals surface area contributed by atoms with Crippen molar-refractivity contribution < 1.29 is 9.18 Å². The Morgan fingerprint density at radius 1 is 1.03 bits per heavy atom. The van der Waals surface area contributed by atoms with Crippen LogP contribution in [0, 0.1) is 5.82 Å². The monoisotopic (exact) mass is 414 g/mol. The third-order valence-corrected chi connectivity index (χ3v) is 5.81. The summed E-state index contributed by atoms with van der Waals surface area (Å²) in [6.07, 6.45) is 3.93. The van der Waals surface area contributed by atoms with Gasteiger partial charge in [0.05, 0.1) is 0 Å². The Morgan fingerprint density at radius 3 is 2.61 bits per heavy atom. The molecule has 3 aromatic carbocycles. The van der Waals surface area contributed by atoms with E-state index >= 15 is 0 Å². The topological polar surface area (TPSA) is 44.9 Å². The summed E-state index contributed by atoms with van der Waals surface area (Å²) in [4.78, 5) is 16.2. The maximum atomic E-state index is 14.0. The highest BCUT2D eigenvalue weighted by Gasteiger charge is 2.22. The minimum atomic E-state index is -0.291. The van der Waals surface area contributed by atoms with E-state index in [2.05, 4.69) is 41.5 Å². The number of amides is 1. The van der Waals surface area contributed by atoms with E-state index in [1.165, 1.54) is 23.3 Å². The molecule has 31 heavy (non-hydrogen) atoms. The molecule has 0 fully saturated rings. The van der Waals surface area contributed by atoms with Gasteiger partial charge in [-0.25, -0.2) is 4.39 Å². The lowest BCUT2D eigenvalue weighted by Crippen LogP contribution is -2.27. The van der Waals surface area contributed by atoms with E-state index in [0.717, 1.165) is 34.9 Å². The maximum absolute atomic E-state index is 14.0. The van der Waals surface area contributed by atoms with Crippen LogP contribution in [0.1, 0.15) is 41.5 Å². The molecule has 0 aliphatic carbocycles. The summed E-state index contributed by atoms with van der Waals surface area (Å²) >= 11 is 0. The number of carbonyl (C=O) groups excluding carboxylic acids is 1. The van der Waals surface area contributed by atoms with E-state index in [9.17, 15) is 9.18 Å². The van der Waals surface area contributed by atoms with Crippen LogP contribution >= 0.6 is 0 Å². The molecule has 0 aliphatic heterocycles. The smallest absolute Gasteiger partial charge is 0.220 e. The number of hydrogen-bond acceptors (Lipinski definition) is 1. The maximum Gasteiger partial charge on any atom is 0.220 e. The number of H-pyrrole nitrogens is 1. The first-order valence-electron chi connectivity index (χ1n) is 10.8. The predicted molar refractivity (Wildman–Crippen MR) is 124 cm³/mol. The summed E-state index contributed by atoms with van der Waals surface area (Å²) in [6.45, 7) is 2.70. The zero-order valence-corrected chi connectivity index (χ0v) is 17.7. The highest BCUT2D eigenvalue weighted by atomic mass is 19.1. The second-order valence-corrected chi connectivity index (χ2v) is 7.83. The molecule has 1 unspecified atom stereocenters. The van der Waals surface area contributed by atoms with Crippen LogP contribution in [0.2, 0.25) is 0 Å². The first kappa shape index (κ1) is 20.9. The van der Waals surface area contributed by atoms with Gasteiger partial charge in [0.2, 0.25) is 5.91 Å². The number of hydrogen-bond donors (Lipinski definition) is 2. The normalized spacial score (nSPS) is 12.1. The third-order valence-electron chi connectivity index (χ3n) is 5.81. The molecule has 0 bridgehead atoms. The van der Waals surface area contributed by atoms with Gasteiger partial charge in [-0.2, -0.15) is 0 Å². The van der Waals surface area contributed by atoms with Crippen molar-refractivity contribution >= 4 is 16.8 Å². The van der Waals surface area contributed by atoms with Crippen molar-refractivity contribution in [3.05, 3.63) is 107 Å². The first-order chi connectivity index (χ1) is 15.2. The highest BCUT2D eigenvalue weighted by Crippen LogP contribution is 2.34. The quantitative estimate of drug-likeness (QED) is 0.379. The molecule has 3 nitrogen and oxygen atoms in total. The Bertz CT molecular complexity index is 1170. The van der Waals surface area contributed by atoms with Gasteiger partial charge < -0.3 is 10.3 Å². The Kier molecular flexibility index (Phi) is 6.46. The number of aromatic nitrogens is 1. The number of benzene rings is 3. The molecule has 4 heteroatoms. The van der Waals surface area contributed by atoms with Gasteiger partial charge >= 0.3 is 0 Å². The average molecular weight is 415 g/mol. The van der Waals surface area contributed by atoms with Gasteiger partial charge in [0.15, 0.2) is 0 Å². The van der Waals surface area contributed by atoms with Crippen molar-refractivity contribution in [1.29, 1.82) is 0 Å². The molecule has 0 saturated carbocycles. The van der Waals surface area contributed by atoms with Gasteiger partial charge in [-0.05, 0) is 47.2 Å². The van der Waals surface area contributed by atoms with Gasteiger partial charge in [0.1, 0.15) is 5.82 Å². The van der Waals surface area contributed by atoms with E-state index in [1.807, 2.05) is 36.5 Å². The van der Waals surface area contributed by atoms with Crippen LogP contribution < -0.4 is 5.32 Å². The van der Waals surface area contributed by atoms with Crippen molar-refractivity contribution in [1.82, 2.24) is 10.3 Å². The summed E-state index contributed by atoms with van der Waals surface area (Å²) in [6, 6.07) is 22.9. The Balaban J connectivity index is 1.58. The largest absolute Gasteiger partial charge is 0.361 e. The van der Waals surface area contributed by atoms with E-state index < -0.39 is 0 Å². The molecule has 0 spiro atoms. The van der Waals surface area contributed by atoms with Crippen molar-refractivity contribution in [2.45, 2.75) is 32.1 Å². The molecule has 158 valence electrons. The van der Waals surface area contributed by atoms with Crippen molar-refractivity contribution in [2.24, 2.45) is 0 Å². The fourth-order valence-electron chi connectivity index (χ4n) is 4.20. The van der Waals surface area contributed by atoms with Gasteiger partial charge in [0.25, 0.3) is 0 Å². The van der Waals surface area contributed by atoms with Crippen LogP contribution in [0.15, 0.2) is 79.0 Å². The SMILES string of the molecule is CCc1cccc2c(C(CC(=O)NCCc3ccccc3)c3cccc(F)c3)c[nH]c12. The van der Waals surface area contributed by atoms with E-state index in [-0.39, 0.29) is 24.1 Å². The molecule has 1 aromatic heterocycles. The van der Waals surface area contributed by atoms with Gasteiger partial charge in [0, 0.05) is 36.0 Å². The first-order valence-corrected chi connectivity index (χ1v) is 10.8. The predicted octanol–water partition coefficient (Wildman–Crippen LogP) is 5.75. The van der Waals surface area contributed by atoms with Crippen LogP contribution in [0.25, 0.3) is 10.9 Å². The summed E-state index contributed by atoms with van der Waals surface area (Å²) in [5.74, 6) is -0.555. The summed E-state index contributed by atoms with van der Waals surface area (Å²) in [5, 5.41) is 4.12. The number of aryl methyl sites for hydroxylation is 1. The van der Waals surface area contributed by atoms with Crippen molar-refractivity contribution in [3.8, 4) is 0 Å². The van der Waals surface area contributed by atoms with Gasteiger partial charge in [-0.15, -0.1) is 0 Å². The number of para-hydroxylation sites is 1. The standard InChI is InChI=1S/C27H27FN2O/c1-2-20-10-7-13-23-25(18-30-27(20)23)24(21-11-6-12-22(28)16-21)17-26(31)29-15-14-19-8-4-3-5-9-19/h3-13,16,18,24,30H,2,14-15,17H2,1H3,(H,29,31). The fraction of sp³-hybridized carbons (Fsp3) is 0.222. The lowest BCUT2D eigenvalue weighted by Gasteiger charge is -2.17. The minimum Gasteiger partial charge on any atom is -0.361 e. The molecule has 0 radical (unpaired) electrons. The molecule has 0 saturated heterocycles. The summed E-state index contributed by atoms with van der Waals surface area (Å²) in [5.41, 5.74) is 5.34. The number of nitrogens with one attached hydrogen (secondary N) is 2. The van der Waals surface area contributed by atoms with Crippen molar-refractivity contribution in [3.63, 3.8) is 0 Å². The molecule has 4 rings (SSSR count). The number of rotatable bonds is 8. The molecule has 1 amide bonds. The summed E-state index contributed by atoms with van der Waals surface area (Å²) < 4.78 is 14.0. The molecule has 2 N–H and O–H groups in total. The van der Waals surface area contributed by atoms with Crippen LogP contribution in [0.5, 0.6) is 0 Å². The highest BCUT2D eigenvalue weighted by molar-refractivity contribution is 5.88. The zero-order chi connectivity index (χ0) is 21.6. The van der Waals surface area contributed by atoms with E-state index in [1.54, 1.807) is 6.07 Å². The zero-order valence-electron chi connectivity index (χ0n) is 17.7. The second-order valence-electron chi connectivity index (χ2n) is 7.83. The van der Waals surface area contributed by atoms with Crippen LogP contribution in [0.3, 0.4) is 0 Å². The Labute approximate surface area is 182 Å². The Hall–Kier alpha value is -3.40. The number of carbonyl (C=O) groups is 1. The minimum absolute atomic E-state index is 0.0359.